The van der Waals surface area contributed by atoms with Crippen LogP contribution in [0, 0.1) is 0 Å². The molecule has 0 radical (unpaired) electrons. The van der Waals surface area contributed by atoms with Crippen LogP contribution in [-0.4, -0.2) is 29.7 Å². The van der Waals surface area contributed by atoms with Gasteiger partial charge in [0.15, 0.2) is 0 Å². The van der Waals surface area contributed by atoms with Gasteiger partial charge in [0.05, 0.1) is 30.3 Å². The Labute approximate surface area is 153 Å². The molecule has 0 amide bonds. The Morgan fingerprint density at radius 3 is 2.62 bits per heavy atom. The van der Waals surface area contributed by atoms with Crippen molar-refractivity contribution in [2.45, 2.75) is 32.6 Å². The third kappa shape index (κ3) is 4.23. The second kappa shape index (κ2) is 8.52. The monoisotopic (exact) mass is 352 g/mol. The Morgan fingerprint density at radius 2 is 1.88 bits per heavy atom. The third-order valence-corrected chi connectivity index (χ3v) is 4.30. The Kier molecular flexibility index (Phi) is 5.89. The van der Waals surface area contributed by atoms with Gasteiger partial charge in [0.1, 0.15) is 11.6 Å². The van der Waals surface area contributed by atoms with Gasteiger partial charge in [0.25, 0.3) is 0 Å². The molecule has 0 aliphatic carbocycles. The van der Waals surface area contributed by atoms with Gasteiger partial charge in [0, 0.05) is 5.56 Å². The topological polar surface area (TPSA) is 64.2 Å². The van der Waals surface area contributed by atoms with Crippen molar-refractivity contribution in [1.29, 1.82) is 0 Å². The first-order valence-corrected chi connectivity index (χ1v) is 9.02. The van der Waals surface area contributed by atoms with Gasteiger partial charge in [-0.2, -0.15) is 0 Å². The van der Waals surface area contributed by atoms with Gasteiger partial charge in [-0.1, -0.05) is 26.2 Å². The first-order chi connectivity index (χ1) is 12.7. The number of aromatic nitrogens is 2. The van der Waals surface area contributed by atoms with E-state index >= 15 is 0 Å². The minimum Gasteiger partial charge on any atom is -0.494 e. The van der Waals surface area contributed by atoms with Gasteiger partial charge in [0.2, 0.25) is 0 Å². The van der Waals surface area contributed by atoms with Crippen LogP contribution in [0.5, 0.6) is 5.75 Å². The normalized spacial score (nSPS) is 10.8. The van der Waals surface area contributed by atoms with Crippen LogP contribution in [0.4, 0.5) is 0 Å². The van der Waals surface area contributed by atoms with Crippen molar-refractivity contribution in [2.24, 2.45) is 0 Å². The molecule has 0 fully saturated rings. The van der Waals surface area contributed by atoms with E-state index in [1.807, 2.05) is 30.3 Å². The van der Waals surface area contributed by atoms with Gasteiger partial charge < -0.3 is 14.5 Å². The Balaban J connectivity index is 1.69. The van der Waals surface area contributed by atoms with Gasteiger partial charge in [-0.3, -0.25) is 0 Å². The van der Waals surface area contributed by atoms with Crippen molar-refractivity contribution in [3.8, 4) is 17.1 Å². The number of benzene rings is 2. The number of hydrogen-bond acceptors (Lipinski definition) is 4. The summed E-state index contributed by atoms with van der Waals surface area (Å²) >= 11 is 0. The third-order valence-electron chi connectivity index (χ3n) is 4.30. The predicted molar refractivity (Wildman–Crippen MR) is 103 cm³/mol. The van der Waals surface area contributed by atoms with Crippen molar-refractivity contribution in [3.05, 3.63) is 48.0 Å². The number of H-pyrrole nitrogens is 1. The fourth-order valence-electron chi connectivity index (χ4n) is 2.82. The summed E-state index contributed by atoms with van der Waals surface area (Å²) in [4.78, 5) is 19.5. The fourth-order valence-corrected chi connectivity index (χ4v) is 2.82. The van der Waals surface area contributed by atoms with Gasteiger partial charge >= 0.3 is 5.97 Å². The standard InChI is InChI=1S/C21H24N2O3/c1-3-4-5-6-13-26-17-10-7-15(8-11-17)20-22-18-12-9-16(21(24)25-2)14-19(18)23-20/h7-12,14H,3-6,13H2,1-2H3,(H,22,23). The lowest BCUT2D eigenvalue weighted by molar-refractivity contribution is 0.0601. The van der Waals surface area contributed by atoms with E-state index in [4.69, 9.17) is 9.47 Å². The summed E-state index contributed by atoms with van der Waals surface area (Å²) in [6.07, 6.45) is 4.78. The summed E-state index contributed by atoms with van der Waals surface area (Å²) in [6, 6.07) is 13.2. The minimum atomic E-state index is -0.358. The lowest BCUT2D eigenvalue weighted by Gasteiger charge is -2.06. The molecule has 0 aliphatic rings. The maximum absolute atomic E-state index is 11.6. The molecule has 1 aromatic heterocycles. The van der Waals surface area contributed by atoms with Crippen molar-refractivity contribution in [3.63, 3.8) is 0 Å². The van der Waals surface area contributed by atoms with Crippen molar-refractivity contribution in [1.82, 2.24) is 9.97 Å². The summed E-state index contributed by atoms with van der Waals surface area (Å²) in [6.45, 7) is 2.95. The average Bonchev–Trinajstić information content (AvgIpc) is 3.11. The molecule has 5 nitrogen and oxygen atoms in total. The Hall–Kier alpha value is -2.82. The molecule has 5 heteroatoms. The molecule has 26 heavy (non-hydrogen) atoms. The van der Waals surface area contributed by atoms with Gasteiger partial charge in [-0.15, -0.1) is 0 Å². The summed E-state index contributed by atoms with van der Waals surface area (Å²) < 4.78 is 10.5. The van der Waals surface area contributed by atoms with E-state index < -0.39 is 0 Å². The van der Waals surface area contributed by atoms with Crippen LogP contribution in [0.1, 0.15) is 43.0 Å². The highest BCUT2D eigenvalue weighted by Crippen LogP contribution is 2.24. The lowest BCUT2D eigenvalue weighted by atomic mass is 10.2. The zero-order valence-corrected chi connectivity index (χ0v) is 15.2. The molecule has 0 unspecified atom stereocenters. The first-order valence-electron chi connectivity index (χ1n) is 9.02. The zero-order valence-electron chi connectivity index (χ0n) is 15.2. The second-order valence-corrected chi connectivity index (χ2v) is 6.24. The van der Waals surface area contributed by atoms with Crippen LogP contribution < -0.4 is 4.74 Å². The number of rotatable bonds is 8. The molecule has 0 aliphatic heterocycles. The highest BCUT2D eigenvalue weighted by atomic mass is 16.5. The molecule has 3 aromatic rings. The molecular weight excluding hydrogens is 328 g/mol. The highest BCUT2D eigenvalue weighted by Gasteiger charge is 2.10. The molecule has 3 rings (SSSR count). The maximum atomic E-state index is 11.6. The van der Waals surface area contributed by atoms with E-state index in [-0.39, 0.29) is 5.97 Å². The van der Waals surface area contributed by atoms with Crippen molar-refractivity contribution in [2.75, 3.05) is 13.7 Å². The second-order valence-electron chi connectivity index (χ2n) is 6.24. The van der Waals surface area contributed by atoms with E-state index in [0.29, 0.717) is 5.56 Å². The van der Waals surface area contributed by atoms with E-state index in [1.165, 1.54) is 26.4 Å². The van der Waals surface area contributed by atoms with Gasteiger partial charge in [-0.25, -0.2) is 9.78 Å². The highest BCUT2D eigenvalue weighted by molar-refractivity contribution is 5.94. The van der Waals surface area contributed by atoms with Crippen molar-refractivity contribution >= 4 is 17.0 Å². The number of aromatic amines is 1. The molecular formula is C21H24N2O3. The molecule has 0 saturated heterocycles. The number of unbranched alkanes of at least 4 members (excludes halogenated alkanes) is 3. The molecule has 0 spiro atoms. The maximum Gasteiger partial charge on any atom is 0.337 e. The van der Waals surface area contributed by atoms with Crippen LogP contribution >= 0.6 is 0 Å². The number of methoxy groups -OCH3 is 1. The lowest BCUT2D eigenvalue weighted by Crippen LogP contribution is -2.00. The Morgan fingerprint density at radius 1 is 1.08 bits per heavy atom. The number of nitrogens with one attached hydrogen (secondary N) is 1. The number of esters is 1. The van der Waals surface area contributed by atoms with Crippen molar-refractivity contribution < 1.29 is 14.3 Å². The van der Waals surface area contributed by atoms with E-state index in [9.17, 15) is 4.79 Å². The van der Waals surface area contributed by atoms with Crippen LogP contribution in [-0.2, 0) is 4.74 Å². The number of nitrogens with zero attached hydrogens (tertiary/aromatic N) is 1. The predicted octanol–water partition coefficient (Wildman–Crippen LogP) is 4.98. The molecule has 0 saturated carbocycles. The largest absolute Gasteiger partial charge is 0.494 e. The summed E-state index contributed by atoms with van der Waals surface area (Å²) in [7, 11) is 1.37. The van der Waals surface area contributed by atoms with Crippen LogP contribution in [0.3, 0.4) is 0 Å². The van der Waals surface area contributed by atoms with Crippen LogP contribution in [0.25, 0.3) is 22.4 Å². The average molecular weight is 352 g/mol. The fraction of sp³-hybridized carbons (Fsp3) is 0.333. The number of carbonyl (C=O) groups is 1. The molecule has 136 valence electrons. The number of hydrogen-bond donors (Lipinski definition) is 1. The number of fused-ring (bicyclic) bond motifs is 1. The quantitative estimate of drug-likeness (QED) is 0.459. The molecule has 0 atom stereocenters. The van der Waals surface area contributed by atoms with Gasteiger partial charge in [-0.05, 0) is 48.9 Å². The summed E-state index contributed by atoms with van der Waals surface area (Å²) in [5.41, 5.74) is 3.09. The smallest absolute Gasteiger partial charge is 0.337 e. The molecule has 1 heterocycles. The number of ether oxygens (including phenoxy) is 2. The van der Waals surface area contributed by atoms with E-state index in [0.717, 1.165) is 41.2 Å². The van der Waals surface area contributed by atoms with Crippen LogP contribution in [0.2, 0.25) is 0 Å². The molecule has 0 bridgehead atoms. The summed E-state index contributed by atoms with van der Waals surface area (Å²) in [5.74, 6) is 1.27. The summed E-state index contributed by atoms with van der Waals surface area (Å²) in [5, 5.41) is 0. The van der Waals surface area contributed by atoms with Crippen LogP contribution in [0.15, 0.2) is 42.5 Å². The number of imidazole rings is 1. The number of carbonyl (C=O) groups excluding carboxylic acids is 1. The SMILES string of the molecule is CCCCCCOc1ccc(-c2nc3ccc(C(=O)OC)cc3[nH]2)cc1. The first kappa shape index (κ1) is 18.0. The molecule has 2 aromatic carbocycles. The van der Waals surface area contributed by atoms with E-state index in [2.05, 4.69) is 16.9 Å². The zero-order chi connectivity index (χ0) is 18.4. The van der Waals surface area contributed by atoms with E-state index in [1.54, 1.807) is 12.1 Å². The Bertz CT molecular complexity index is 869. The molecule has 1 N–H and O–H groups in total. The minimum absolute atomic E-state index is 0.358.